The molecule has 0 radical (unpaired) electrons. The third-order valence-electron chi connectivity index (χ3n) is 3.39. The molecule has 114 valence electrons. The largest absolute Gasteiger partial charge is 0.394 e. The van der Waals surface area contributed by atoms with Crippen molar-refractivity contribution in [2.75, 3.05) is 6.61 Å². The van der Waals surface area contributed by atoms with E-state index in [1.807, 2.05) is 0 Å². The number of hydrogen-bond acceptors (Lipinski definition) is 9. The molecule has 1 aliphatic heterocycles. The van der Waals surface area contributed by atoms with E-state index in [1.54, 1.807) is 0 Å². The smallest absolute Gasteiger partial charge is 0.298 e. The second kappa shape index (κ2) is 5.13. The molecule has 0 aliphatic carbocycles. The van der Waals surface area contributed by atoms with Crippen LogP contribution in [-0.2, 0) is 4.74 Å². The SMILES string of the molecule is O=c1c2[nH]cnc2nnn1[C@@H]1O[C@H](CO)[C@@H](O)[C@H](O)[C@H]1O. The molecule has 3 rings (SSSR count). The molecule has 5 atom stereocenters. The van der Waals surface area contributed by atoms with E-state index >= 15 is 0 Å². The Bertz CT molecular complexity index is 699. The predicted molar refractivity (Wildman–Crippen MR) is 65.0 cm³/mol. The zero-order chi connectivity index (χ0) is 15.1. The maximum absolute atomic E-state index is 12.2. The first-order valence-electron chi connectivity index (χ1n) is 6.13. The quantitative estimate of drug-likeness (QED) is 0.377. The van der Waals surface area contributed by atoms with E-state index in [1.165, 1.54) is 6.33 Å². The highest BCUT2D eigenvalue weighted by Crippen LogP contribution is 2.26. The number of rotatable bonds is 2. The molecule has 11 nitrogen and oxygen atoms in total. The van der Waals surface area contributed by atoms with Crippen molar-refractivity contribution in [2.24, 2.45) is 0 Å². The number of nitrogens with zero attached hydrogens (tertiary/aromatic N) is 4. The van der Waals surface area contributed by atoms with Crippen molar-refractivity contribution >= 4 is 11.2 Å². The number of aliphatic hydroxyl groups is 4. The first-order chi connectivity index (χ1) is 10.0. The first-order valence-corrected chi connectivity index (χ1v) is 6.13. The molecule has 1 aliphatic rings. The van der Waals surface area contributed by atoms with Crippen LogP contribution in [-0.4, -0.2) is 76.4 Å². The van der Waals surface area contributed by atoms with Crippen molar-refractivity contribution in [1.29, 1.82) is 0 Å². The summed E-state index contributed by atoms with van der Waals surface area (Å²) < 4.78 is 5.96. The lowest BCUT2D eigenvalue weighted by molar-refractivity contribution is -0.255. The fourth-order valence-corrected chi connectivity index (χ4v) is 2.22. The number of imidazole rings is 1. The van der Waals surface area contributed by atoms with Crippen molar-refractivity contribution in [3.05, 3.63) is 16.7 Å². The number of ether oxygens (including phenoxy) is 1. The van der Waals surface area contributed by atoms with Crippen LogP contribution in [0.3, 0.4) is 0 Å². The molecule has 0 saturated carbocycles. The van der Waals surface area contributed by atoms with Gasteiger partial charge in [-0.3, -0.25) is 4.79 Å². The summed E-state index contributed by atoms with van der Waals surface area (Å²) in [6.45, 7) is -0.601. The van der Waals surface area contributed by atoms with Crippen LogP contribution in [0.15, 0.2) is 11.1 Å². The van der Waals surface area contributed by atoms with E-state index in [0.717, 1.165) is 4.68 Å². The average Bonchev–Trinajstić information content (AvgIpc) is 2.96. The van der Waals surface area contributed by atoms with Gasteiger partial charge < -0.3 is 30.1 Å². The van der Waals surface area contributed by atoms with Gasteiger partial charge in [-0.1, -0.05) is 5.21 Å². The van der Waals surface area contributed by atoms with Gasteiger partial charge >= 0.3 is 0 Å². The molecular formula is C10H13N5O6. The van der Waals surface area contributed by atoms with Crippen LogP contribution >= 0.6 is 0 Å². The van der Waals surface area contributed by atoms with Gasteiger partial charge in [-0.15, -0.1) is 5.10 Å². The molecule has 0 amide bonds. The highest BCUT2D eigenvalue weighted by molar-refractivity contribution is 5.67. The summed E-state index contributed by atoms with van der Waals surface area (Å²) >= 11 is 0. The van der Waals surface area contributed by atoms with E-state index in [4.69, 9.17) is 9.84 Å². The van der Waals surface area contributed by atoms with Gasteiger partial charge in [-0.2, -0.15) is 4.68 Å². The van der Waals surface area contributed by atoms with Gasteiger partial charge in [0.05, 0.1) is 12.9 Å². The maximum Gasteiger partial charge on any atom is 0.298 e. The molecule has 0 spiro atoms. The summed E-state index contributed by atoms with van der Waals surface area (Å²) in [6.07, 6.45) is -6.01. The lowest BCUT2D eigenvalue weighted by Gasteiger charge is -2.39. The second-order valence-corrected chi connectivity index (χ2v) is 4.66. The van der Waals surface area contributed by atoms with Crippen molar-refractivity contribution in [3.63, 3.8) is 0 Å². The van der Waals surface area contributed by atoms with Gasteiger partial charge in [0.1, 0.15) is 24.4 Å². The molecule has 11 heteroatoms. The number of aromatic nitrogens is 5. The molecule has 2 aromatic rings. The Labute approximate surface area is 116 Å². The van der Waals surface area contributed by atoms with Crippen LogP contribution in [0, 0.1) is 0 Å². The van der Waals surface area contributed by atoms with Crippen LogP contribution in [0.4, 0.5) is 0 Å². The minimum atomic E-state index is -1.62. The summed E-state index contributed by atoms with van der Waals surface area (Å²) in [4.78, 5) is 18.6. The van der Waals surface area contributed by atoms with Gasteiger partial charge in [0.25, 0.3) is 5.56 Å². The minimum Gasteiger partial charge on any atom is -0.394 e. The van der Waals surface area contributed by atoms with Crippen molar-refractivity contribution < 1.29 is 25.2 Å². The molecular weight excluding hydrogens is 286 g/mol. The number of hydrogen-bond donors (Lipinski definition) is 5. The van der Waals surface area contributed by atoms with Gasteiger partial charge in [0.15, 0.2) is 11.7 Å². The Kier molecular flexibility index (Phi) is 3.43. The molecule has 5 N–H and O–H groups in total. The van der Waals surface area contributed by atoms with E-state index in [9.17, 15) is 20.1 Å². The third-order valence-corrected chi connectivity index (χ3v) is 3.39. The first kappa shape index (κ1) is 14.0. The van der Waals surface area contributed by atoms with Gasteiger partial charge in [0, 0.05) is 0 Å². The lowest BCUT2D eigenvalue weighted by Crippen LogP contribution is -2.58. The molecule has 1 saturated heterocycles. The number of nitrogens with one attached hydrogen (secondary N) is 1. The molecule has 0 bridgehead atoms. The fourth-order valence-electron chi connectivity index (χ4n) is 2.22. The number of fused-ring (bicyclic) bond motifs is 1. The Morgan fingerprint density at radius 3 is 2.76 bits per heavy atom. The highest BCUT2D eigenvalue weighted by atomic mass is 16.6. The van der Waals surface area contributed by atoms with E-state index < -0.39 is 42.8 Å². The predicted octanol–water partition coefficient (Wildman–Crippen LogP) is -3.51. The van der Waals surface area contributed by atoms with Crippen LogP contribution in [0.1, 0.15) is 6.23 Å². The molecule has 0 aromatic carbocycles. The normalized spacial score (nSPS) is 33.4. The van der Waals surface area contributed by atoms with Crippen molar-refractivity contribution in [1.82, 2.24) is 25.0 Å². The molecule has 1 fully saturated rings. The Morgan fingerprint density at radius 1 is 1.29 bits per heavy atom. The standard InChI is InChI=1S/C10H13N5O6/c16-1-3-5(17)6(18)7(19)10(21-3)15-9(20)4-8(13-14-15)12-2-11-4/h2-3,5-7,10,16-19H,1H2,(H,11,12)/t3-,5-,6+,7-,10-/m1/s1. The fraction of sp³-hybridized carbons (Fsp3) is 0.600. The van der Waals surface area contributed by atoms with E-state index in [2.05, 4.69) is 20.3 Å². The van der Waals surface area contributed by atoms with Gasteiger partial charge in [-0.25, -0.2) is 4.98 Å². The van der Waals surface area contributed by atoms with E-state index in [0.29, 0.717) is 0 Å². The van der Waals surface area contributed by atoms with Crippen LogP contribution in [0.2, 0.25) is 0 Å². The van der Waals surface area contributed by atoms with Gasteiger partial charge in [-0.05, 0) is 0 Å². The topological polar surface area (TPSA) is 167 Å². The zero-order valence-corrected chi connectivity index (χ0v) is 10.6. The molecule has 2 aromatic heterocycles. The van der Waals surface area contributed by atoms with Crippen LogP contribution in [0.25, 0.3) is 11.2 Å². The lowest BCUT2D eigenvalue weighted by atomic mass is 9.98. The zero-order valence-electron chi connectivity index (χ0n) is 10.6. The van der Waals surface area contributed by atoms with Crippen molar-refractivity contribution in [3.8, 4) is 0 Å². The van der Waals surface area contributed by atoms with Gasteiger partial charge in [0.2, 0.25) is 5.65 Å². The molecule has 21 heavy (non-hydrogen) atoms. The summed E-state index contributed by atoms with van der Waals surface area (Å²) in [7, 11) is 0. The van der Waals surface area contributed by atoms with Crippen LogP contribution < -0.4 is 5.56 Å². The average molecular weight is 299 g/mol. The maximum atomic E-state index is 12.2. The van der Waals surface area contributed by atoms with E-state index in [-0.39, 0.29) is 11.2 Å². The number of H-pyrrole nitrogens is 1. The number of aromatic amines is 1. The minimum absolute atomic E-state index is 0.0574. The second-order valence-electron chi connectivity index (χ2n) is 4.66. The van der Waals surface area contributed by atoms with Crippen LogP contribution in [0.5, 0.6) is 0 Å². The Hall–Kier alpha value is -1.92. The Morgan fingerprint density at radius 2 is 2.05 bits per heavy atom. The monoisotopic (exact) mass is 299 g/mol. The van der Waals surface area contributed by atoms with Crippen molar-refractivity contribution in [2.45, 2.75) is 30.6 Å². The molecule has 3 heterocycles. The summed E-state index contributed by atoms with van der Waals surface area (Å²) in [6, 6.07) is 0. The summed E-state index contributed by atoms with van der Waals surface area (Å²) in [5.41, 5.74) is -0.510. The highest BCUT2D eigenvalue weighted by Gasteiger charge is 2.45. The Balaban J connectivity index is 2.04. The third kappa shape index (κ3) is 2.11. The summed E-state index contributed by atoms with van der Waals surface area (Å²) in [5.74, 6) is 0. The number of aliphatic hydroxyl groups excluding tert-OH is 4. The molecule has 0 unspecified atom stereocenters. The summed E-state index contributed by atoms with van der Waals surface area (Å²) in [5, 5.41) is 45.8.